The molecule has 4 heterocycles. The van der Waals surface area contributed by atoms with Crippen LogP contribution >= 0.6 is 0 Å². The topological polar surface area (TPSA) is 130 Å². The number of nitrogens with zero attached hydrogens (tertiary/aromatic N) is 4. The van der Waals surface area contributed by atoms with Gasteiger partial charge in [-0.3, -0.25) is 9.36 Å². The first-order valence-electron chi connectivity index (χ1n) is 9.92. The Morgan fingerprint density at radius 2 is 1.97 bits per heavy atom. The third-order valence-corrected chi connectivity index (χ3v) is 5.21. The molecular weight excluding hydrogens is 406 g/mol. The number of aliphatic hydroxyl groups is 1. The molecule has 2 aliphatic heterocycles. The summed E-state index contributed by atoms with van der Waals surface area (Å²) in [5.74, 6) is -0.0265. The smallest absolute Gasteiger partial charge is 0.272 e. The number of hydrogen-bond acceptors (Lipinski definition) is 9. The predicted molar refractivity (Wildman–Crippen MR) is 106 cm³/mol. The van der Waals surface area contributed by atoms with Crippen molar-refractivity contribution in [2.45, 2.75) is 37.9 Å². The minimum atomic E-state index is -0.828. The van der Waals surface area contributed by atoms with E-state index >= 15 is 0 Å². The molecule has 2 aliphatic rings. The molecule has 0 aliphatic carbocycles. The van der Waals surface area contributed by atoms with E-state index in [0.29, 0.717) is 23.3 Å². The number of nitrogens with one attached hydrogen (secondary N) is 1. The highest BCUT2D eigenvalue weighted by molar-refractivity contribution is 6.06. The first-order chi connectivity index (χ1) is 15.2. The van der Waals surface area contributed by atoms with Crippen molar-refractivity contribution in [1.29, 1.82) is 0 Å². The highest BCUT2D eigenvalue weighted by atomic mass is 16.9. The standard InChI is InChI=1S/C20H21N5O6/c1-2-28-20-30-14-12(8-26)29-19(15(14)31-20)25-10-23-13-16(21-9-22-17(13)25)24-18(27)11-6-4-3-5-7-11/h3-7,9-10,12,14-15,19-20,26H,2,8H2,1H3,(H,21,22,24,27)/t12-,14-,15-,19-,20?/m1/s1. The average Bonchev–Trinajstić information content (AvgIpc) is 3.48. The van der Waals surface area contributed by atoms with Gasteiger partial charge in [0.2, 0.25) is 0 Å². The van der Waals surface area contributed by atoms with Gasteiger partial charge in [0.1, 0.15) is 24.6 Å². The van der Waals surface area contributed by atoms with E-state index < -0.39 is 31.0 Å². The lowest BCUT2D eigenvalue weighted by Crippen LogP contribution is -2.31. The van der Waals surface area contributed by atoms with Gasteiger partial charge >= 0.3 is 0 Å². The Labute approximate surface area is 176 Å². The summed E-state index contributed by atoms with van der Waals surface area (Å²) in [5, 5.41) is 12.5. The van der Waals surface area contributed by atoms with E-state index in [2.05, 4.69) is 20.3 Å². The molecule has 2 aromatic heterocycles. The molecule has 11 nitrogen and oxygen atoms in total. The number of amides is 1. The van der Waals surface area contributed by atoms with E-state index in [1.54, 1.807) is 28.8 Å². The van der Waals surface area contributed by atoms with Crippen molar-refractivity contribution in [3.05, 3.63) is 48.5 Å². The van der Waals surface area contributed by atoms with Crippen molar-refractivity contribution < 1.29 is 28.8 Å². The normalized spacial score (nSPS) is 27.5. The largest absolute Gasteiger partial charge is 0.394 e. The lowest BCUT2D eigenvalue weighted by Gasteiger charge is -2.20. The van der Waals surface area contributed by atoms with Gasteiger partial charge < -0.3 is 29.4 Å². The quantitative estimate of drug-likeness (QED) is 0.593. The maximum absolute atomic E-state index is 12.5. The van der Waals surface area contributed by atoms with E-state index in [-0.39, 0.29) is 18.3 Å². The van der Waals surface area contributed by atoms with Gasteiger partial charge in [0.05, 0.1) is 12.9 Å². The number of carbonyl (C=O) groups excluding carboxylic acids is 1. The van der Waals surface area contributed by atoms with Crippen LogP contribution in [-0.4, -0.2) is 68.5 Å². The first-order valence-corrected chi connectivity index (χ1v) is 9.92. The van der Waals surface area contributed by atoms with Gasteiger partial charge in [0.15, 0.2) is 23.2 Å². The summed E-state index contributed by atoms with van der Waals surface area (Å²) in [4.78, 5) is 25.4. The fraction of sp³-hybridized carbons (Fsp3) is 0.400. The molecule has 31 heavy (non-hydrogen) atoms. The van der Waals surface area contributed by atoms with Crippen molar-refractivity contribution in [2.75, 3.05) is 18.5 Å². The number of hydrogen-bond donors (Lipinski definition) is 2. The number of carbonyl (C=O) groups is 1. The zero-order chi connectivity index (χ0) is 21.4. The number of fused-ring (bicyclic) bond motifs is 2. The van der Waals surface area contributed by atoms with Crippen LogP contribution in [0.25, 0.3) is 11.2 Å². The van der Waals surface area contributed by atoms with Crippen LogP contribution in [0.1, 0.15) is 23.5 Å². The lowest BCUT2D eigenvalue weighted by molar-refractivity contribution is -0.265. The second-order valence-electron chi connectivity index (χ2n) is 7.06. The van der Waals surface area contributed by atoms with Crippen LogP contribution < -0.4 is 5.32 Å². The Bertz CT molecular complexity index is 1080. The van der Waals surface area contributed by atoms with Crippen LogP contribution in [0.2, 0.25) is 0 Å². The number of aromatic nitrogens is 4. The highest BCUT2D eigenvalue weighted by Gasteiger charge is 2.54. The molecule has 1 amide bonds. The maximum Gasteiger partial charge on any atom is 0.272 e. The summed E-state index contributed by atoms with van der Waals surface area (Å²) < 4.78 is 24.7. The van der Waals surface area contributed by atoms with E-state index in [1.165, 1.54) is 12.7 Å². The van der Waals surface area contributed by atoms with Gasteiger partial charge in [-0.05, 0) is 19.1 Å². The van der Waals surface area contributed by atoms with Gasteiger partial charge in [0, 0.05) is 12.2 Å². The molecule has 1 aromatic carbocycles. The van der Waals surface area contributed by atoms with Crippen molar-refractivity contribution in [1.82, 2.24) is 19.5 Å². The molecule has 0 spiro atoms. The third kappa shape index (κ3) is 3.56. The molecule has 2 saturated heterocycles. The van der Waals surface area contributed by atoms with E-state index in [9.17, 15) is 9.90 Å². The van der Waals surface area contributed by atoms with Crippen molar-refractivity contribution >= 4 is 22.9 Å². The van der Waals surface area contributed by atoms with Gasteiger partial charge in [-0.15, -0.1) is 0 Å². The van der Waals surface area contributed by atoms with Crippen LogP contribution in [0.5, 0.6) is 0 Å². The van der Waals surface area contributed by atoms with Gasteiger partial charge in [-0.1, -0.05) is 18.2 Å². The number of imidazole rings is 1. The minimum absolute atomic E-state index is 0.236. The Kier molecular flexibility index (Phi) is 5.34. The molecule has 162 valence electrons. The maximum atomic E-state index is 12.5. The lowest BCUT2D eigenvalue weighted by atomic mass is 10.1. The van der Waals surface area contributed by atoms with Crippen LogP contribution in [0, 0.1) is 0 Å². The summed E-state index contributed by atoms with van der Waals surface area (Å²) in [6.07, 6.45) is 0.622. The van der Waals surface area contributed by atoms with Crippen LogP contribution in [0.4, 0.5) is 5.82 Å². The number of ether oxygens (including phenoxy) is 4. The molecular formula is C20H21N5O6. The molecule has 2 N–H and O–H groups in total. The highest BCUT2D eigenvalue weighted by Crippen LogP contribution is 2.40. The number of rotatable bonds is 6. The van der Waals surface area contributed by atoms with Crippen molar-refractivity contribution in [2.24, 2.45) is 0 Å². The van der Waals surface area contributed by atoms with E-state index in [1.807, 2.05) is 13.0 Å². The molecule has 3 aromatic rings. The van der Waals surface area contributed by atoms with Gasteiger partial charge in [0.25, 0.3) is 12.4 Å². The Morgan fingerprint density at radius 1 is 1.16 bits per heavy atom. The summed E-state index contributed by atoms with van der Waals surface area (Å²) in [6.45, 7) is 1.19. The van der Waals surface area contributed by atoms with E-state index in [4.69, 9.17) is 18.9 Å². The van der Waals surface area contributed by atoms with Crippen LogP contribution in [0.3, 0.4) is 0 Å². The van der Waals surface area contributed by atoms with Crippen molar-refractivity contribution in [3.8, 4) is 0 Å². The van der Waals surface area contributed by atoms with Crippen LogP contribution in [-0.2, 0) is 18.9 Å². The van der Waals surface area contributed by atoms with E-state index in [0.717, 1.165) is 0 Å². The van der Waals surface area contributed by atoms with Crippen LogP contribution in [0.15, 0.2) is 43.0 Å². The number of benzene rings is 1. The van der Waals surface area contributed by atoms with Gasteiger partial charge in [-0.25, -0.2) is 15.0 Å². The predicted octanol–water partition coefficient (Wildman–Crippen LogP) is 1.07. The van der Waals surface area contributed by atoms with Gasteiger partial charge in [-0.2, -0.15) is 0 Å². The Balaban J connectivity index is 1.44. The SMILES string of the molecule is CCOC1O[C@@H]2[C@H](O1)[C@@H](CO)O[C@H]2n1cnc2c(NC(=O)c3ccccc3)ncnc21. The summed E-state index contributed by atoms with van der Waals surface area (Å²) in [6, 6.07) is 8.81. The number of anilines is 1. The minimum Gasteiger partial charge on any atom is -0.394 e. The first kappa shape index (κ1) is 20.0. The molecule has 0 saturated carbocycles. The molecule has 0 bridgehead atoms. The molecule has 5 rings (SSSR count). The summed E-state index contributed by atoms with van der Waals surface area (Å²) in [7, 11) is 0. The zero-order valence-electron chi connectivity index (χ0n) is 16.6. The molecule has 0 radical (unpaired) electrons. The molecule has 1 unspecified atom stereocenters. The second-order valence-corrected chi connectivity index (χ2v) is 7.06. The molecule has 5 atom stereocenters. The average molecular weight is 427 g/mol. The fourth-order valence-electron chi connectivity index (χ4n) is 3.79. The zero-order valence-corrected chi connectivity index (χ0v) is 16.6. The Morgan fingerprint density at radius 3 is 2.74 bits per heavy atom. The third-order valence-electron chi connectivity index (χ3n) is 5.21. The number of aliphatic hydroxyl groups excluding tert-OH is 1. The molecule has 11 heteroatoms. The second kappa shape index (κ2) is 8.29. The van der Waals surface area contributed by atoms with Crippen molar-refractivity contribution in [3.63, 3.8) is 0 Å². The summed E-state index contributed by atoms with van der Waals surface area (Å²) in [5.41, 5.74) is 1.35. The Hall–Kier alpha value is -2.96. The molecule has 2 fully saturated rings. The monoisotopic (exact) mass is 427 g/mol. The fourth-order valence-corrected chi connectivity index (χ4v) is 3.79. The summed E-state index contributed by atoms with van der Waals surface area (Å²) >= 11 is 0.